The van der Waals surface area contributed by atoms with Gasteiger partial charge in [-0.1, -0.05) is 15.9 Å². The fraction of sp³-hybridized carbons (Fsp3) is 0.333. The Bertz CT molecular complexity index is 664. The molecule has 0 saturated heterocycles. The molecule has 0 fully saturated rings. The lowest BCUT2D eigenvalue weighted by atomic mass is 10.0. The molecule has 0 radical (unpaired) electrons. The lowest BCUT2D eigenvalue weighted by Gasteiger charge is -2.05. The number of carbonyl (C=O) groups excluding carboxylic acids is 1. The number of aryl methyl sites for hydroxylation is 2. The standard InChI is InChI=1S/C15H16BrFN2O/c1-9-14(10(2)19(3)18-9)8-13(20)7-11-6-12(17)4-5-15(11)16/h4-6H,7-8H2,1-3H3. The van der Waals surface area contributed by atoms with Crippen molar-refractivity contribution in [1.29, 1.82) is 0 Å². The van der Waals surface area contributed by atoms with E-state index in [-0.39, 0.29) is 18.0 Å². The van der Waals surface area contributed by atoms with Crippen LogP contribution in [0.3, 0.4) is 0 Å². The van der Waals surface area contributed by atoms with Gasteiger partial charge in [0.05, 0.1) is 5.69 Å². The van der Waals surface area contributed by atoms with E-state index in [1.165, 1.54) is 12.1 Å². The molecule has 0 saturated carbocycles. The van der Waals surface area contributed by atoms with E-state index in [9.17, 15) is 9.18 Å². The largest absolute Gasteiger partial charge is 0.299 e. The van der Waals surface area contributed by atoms with Crippen LogP contribution in [-0.2, 0) is 24.7 Å². The molecule has 5 heteroatoms. The summed E-state index contributed by atoms with van der Waals surface area (Å²) in [4.78, 5) is 12.2. The van der Waals surface area contributed by atoms with Crippen molar-refractivity contribution in [3.8, 4) is 0 Å². The van der Waals surface area contributed by atoms with Gasteiger partial charge in [-0.05, 0) is 37.6 Å². The van der Waals surface area contributed by atoms with Crippen molar-refractivity contribution in [2.24, 2.45) is 7.05 Å². The molecule has 20 heavy (non-hydrogen) atoms. The summed E-state index contributed by atoms with van der Waals surface area (Å²) >= 11 is 3.34. The Labute approximate surface area is 125 Å². The van der Waals surface area contributed by atoms with Crippen molar-refractivity contribution in [3.05, 3.63) is 51.0 Å². The molecule has 0 aliphatic carbocycles. The van der Waals surface area contributed by atoms with Crippen LogP contribution in [0.4, 0.5) is 4.39 Å². The van der Waals surface area contributed by atoms with E-state index in [1.807, 2.05) is 20.9 Å². The first-order valence-electron chi connectivity index (χ1n) is 6.33. The molecule has 0 unspecified atom stereocenters. The first kappa shape index (κ1) is 14.9. The van der Waals surface area contributed by atoms with Crippen LogP contribution in [0.25, 0.3) is 0 Å². The zero-order valence-corrected chi connectivity index (χ0v) is 13.3. The number of benzene rings is 1. The maximum Gasteiger partial charge on any atom is 0.141 e. The highest BCUT2D eigenvalue weighted by molar-refractivity contribution is 9.10. The molecular formula is C15H16BrFN2O. The van der Waals surface area contributed by atoms with Gasteiger partial charge in [-0.25, -0.2) is 4.39 Å². The van der Waals surface area contributed by atoms with Gasteiger partial charge >= 0.3 is 0 Å². The van der Waals surface area contributed by atoms with Gasteiger partial charge in [-0.2, -0.15) is 5.10 Å². The number of halogens is 2. The first-order chi connectivity index (χ1) is 9.38. The van der Waals surface area contributed by atoms with Crippen LogP contribution in [-0.4, -0.2) is 15.6 Å². The van der Waals surface area contributed by atoms with E-state index in [0.717, 1.165) is 21.4 Å². The van der Waals surface area contributed by atoms with Gasteiger partial charge in [0.1, 0.15) is 11.6 Å². The third kappa shape index (κ3) is 3.15. The minimum Gasteiger partial charge on any atom is -0.299 e. The molecule has 0 aliphatic rings. The number of carbonyl (C=O) groups is 1. The molecule has 106 valence electrons. The molecule has 0 spiro atoms. The Morgan fingerprint density at radius 3 is 2.65 bits per heavy atom. The van der Waals surface area contributed by atoms with Gasteiger partial charge in [0, 0.05) is 35.6 Å². The van der Waals surface area contributed by atoms with Gasteiger partial charge in [0.15, 0.2) is 0 Å². The fourth-order valence-corrected chi connectivity index (χ4v) is 2.61. The maximum atomic E-state index is 13.2. The predicted molar refractivity (Wildman–Crippen MR) is 79.2 cm³/mol. The summed E-state index contributed by atoms with van der Waals surface area (Å²) in [5, 5.41) is 4.30. The molecule has 0 aliphatic heterocycles. The van der Waals surface area contributed by atoms with Crippen LogP contribution in [0, 0.1) is 19.7 Å². The van der Waals surface area contributed by atoms with E-state index >= 15 is 0 Å². The van der Waals surface area contributed by atoms with Crippen LogP contribution in [0.2, 0.25) is 0 Å². The monoisotopic (exact) mass is 338 g/mol. The smallest absolute Gasteiger partial charge is 0.141 e. The van der Waals surface area contributed by atoms with Crippen LogP contribution in [0.1, 0.15) is 22.5 Å². The Hall–Kier alpha value is -1.49. The lowest BCUT2D eigenvalue weighted by Crippen LogP contribution is -2.09. The van der Waals surface area contributed by atoms with E-state index in [2.05, 4.69) is 21.0 Å². The molecule has 0 N–H and O–H groups in total. The summed E-state index contributed by atoms with van der Waals surface area (Å²) in [6, 6.07) is 4.39. The summed E-state index contributed by atoms with van der Waals surface area (Å²) in [5.41, 5.74) is 3.50. The maximum absolute atomic E-state index is 13.2. The Kier molecular flexibility index (Phi) is 4.38. The zero-order valence-electron chi connectivity index (χ0n) is 11.7. The number of ketones is 1. The molecule has 0 bridgehead atoms. The van der Waals surface area contributed by atoms with Crippen molar-refractivity contribution in [2.45, 2.75) is 26.7 Å². The predicted octanol–water partition coefficient (Wildman–Crippen LogP) is 3.29. The second-order valence-electron chi connectivity index (χ2n) is 4.90. The molecule has 1 aromatic heterocycles. The average molecular weight is 339 g/mol. The van der Waals surface area contributed by atoms with Crippen LogP contribution >= 0.6 is 15.9 Å². The Balaban J connectivity index is 2.15. The highest BCUT2D eigenvalue weighted by Crippen LogP contribution is 2.20. The van der Waals surface area contributed by atoms with E-state index in [0.29, 0.717) is 12.0 Å². The van der Waals surface area contributed by atoms with Crippen molar-refractivity contribution in [1.82, 2.24) is 9.78 Å². The number of hydrogen-bond donors (Lipinski definition) is 0. The number of hydrogen-bond acceptors (Lipinski definition) is 2. The Morgan fingerprint density at radius 1 is 1.35 bits per heavy atom. The third-order valence-corrected chi connectivity index (χ3v) is 4.20. The molecule has 2 rings (SSSR count). The fourth-order valence-electron chi connectivity index (χ4n) is 2.22. The quantitative estimate of drug-likeness (QED) is 0.857. The Morgan fingerprint density at radius 2 is 2.05 bits per heavy atom. The molecular weight excluding hydrogens is 323 g/mol. The van der Waals surface area contributed by atoms with Gasteiger partial charge in [-0.3, -0.25) is 9.48 Å². The highest BCUT2D eigenvalue weighted by Gasteiger charge is 2.15. The van der Waals surface area contributed by atoms with Crippen LogP contribution in [0.15, 0.2) is 22.7 Å². The normalized spacial score (nSPS) is 10.8. The highest BCUT2D eigenvalue weighted by atomic mass is 79.9. The van der Waals surface area contributed by atoms with Crippen molar-refractivity contribution >= 4 is 21.7 Å². The van der Waals surface area contributed by atoms with Crippen molar-refractivity contribution in [3.63, 3.8) is 0 Å². The lowest BCUT2D eigenvalue weighted by molar-refractivity contribution is -0.117. The summed E-state index contributed by atoms with van der Waals surface area (Å²) < 4.78 is 15.7. The molecule has 0 amide bonds. The minimum absolute atomic E-state index is 0.0514. The molecule has 1 heterocycles. The number of nitrogens with zero attached hydrogens (tertiary/aromatic N) is 2. The van der Waals surface area contributed by atoms with Crippen molar-refractivity contribution in [2.75, 3.05) is 0 Å². The van der Waals surface area contributed by atoms with Gasteiger partial charge in [0.2, 0.25) is 0 Å². The second-order valence-corrected chi connectivity index (χ2v) is 5.76. The number of Topliss-reactive ketones (excluding diaryl/α,β-unsaturated/α-hetero) is 1. The third-order valence-electron chi connectivity index (χ3n) is 3.43. The van der Waals surface area contributed by atoms with Crippen molar-refractivity contribution < 1.29 is 9.18 Å². The zero-order chi connectivity index (χ0) is 14.9. The molecule has 1 aromatic carbocycles. The molecule has 0 atom stereocenters. The summed E-state index contributed by atoms with van der Waals surface area (Å²) in [7, 11) is 1.86. The average Bonchev–Trinajstić information content (AvgIpc) is 2.61. The number of rotatable bonds is 4. The molecule has 3 nitrogen and oxygen atoms in total. The van der Waals surface area contributed by atoms with E-state index < -0.39 is 0 Å². The number of aromatic nitrogens is 2. The SMILES string of the molecule is Cc1nn(C)c(C)c1CC(=O)Cc1cc(F)ccc1Br. The van der Waals surface area contributed by atoms with Gasteiger partial charge < -0.3 is 0 Å². The summed E-state index contributed by atoms with van der Waals surface area (Å²) in [6.07, 6.45) is 0.542. The van der Waals surface area contributed by atoms with E-state index in [1.54, 1.807) is 10.7 Å². The second kappa shape index (κ2) is 5.87. The van der Waals surface area contributed by atoms with Crippen LogP contribution < -0.4 is 0 Å². The summed E-state index contributed by atoms with van der Waals surface area (Å²) in [5.74, 6) is -0.278. The van der Waals surface area contributed by atoms with Gasteiger partial charge in [-0.15, -0.1) is 0 Å². The summed E-state index contributed by atoms with van der Waals surface area (Å²) in [6.45, 7) is 3.84. The van der Waals surface area contributed by atoms with Gasteiger partial charge in [0.25, 0.3) is 0 Å². The van der Waals surface area contributed by atoms with Crippen LogP contribution in [0.5, 0.6) is 0 Å². The van der Waals surface area contributed by atoms with E-state index in [4.69, 9.17) is 0 Å². The molecule has 2 aromatic rings. The topological polar surface area (TPSA) is 34.9 Å². The first-order valence-corrected chi connectivity index (χ1v) is 7.12. The minimum atomic E-state index is -0.329.